The molecule has 1 unspecified atom stereocenters. The van der Waals surface area contributed by atoms with Gasteiger partial charge in [-0.25, -0.2) is 4.68 Å². The minimum absolute atomic E-state index is 0.120. The van der Waals surface area contributed by atoms with E-state index in [1.54, 1.807) is 6.20 Å². The molecule has 0 saturated carbocycles. The molecule has 1 atom stereocenters. The summed E-state index contributed by atoms with van der Waals surface area (Å²) in [5.74, 6) is 0.723. The molecule has 0 saturated heterocycles. The maximum Gasteiger partial charge on any atom is 0.135 e. The number of rotatable bonds is 2. The molecule has 0 bridgehead atoms. The molecule has 19 heavy (non-hydrogen) atoms. The van der Waals surface area contributed by atoms with Crippen molar-refractivity contribution >= 4 is 39.2 Å². The second-order valence-corrected chi connectivity index (χ2v) is 5.73. The lowest BCUT2D eigenvalue weighted by Gasteiger charge is -2.16. The van der Waals surface area contributed by atoms with Gasteiger partial charge in [0.1, 0.15) is 5.82 Å². The summed E-state index contributed by atoms with van der Waals surface area (Å²) in [7, 11) is 0. The summed E-state index contributed by atoms with van der Waals surface area (Å²) in [5.41, 5.74) is 7.32. The van der Waals surface area contributed by atoms with Crippen LogP contribution in [0.1, 0.15) is 18.5 Å². The Morgan fingerprint density at radius 2 is 1.89 bits per heavy atom. The van der Waals surface area contributed by atoms with Crippen LogP contribution in [-0.4, -0.2) is 9.78 Å². The van der Waals surface area contributed by atoms with Gasteiger partial charge in [0.2, 0.25) is 0 Å². The smallest absolute Gasteiger partial charge is 0.135 e. The highest BCUT2D eigenvalue weighted by Crippen LogP contribution is 2.29. The normalized spacial score (nSPS) is 12.7. The van der Waals surface area contributed by atoms with Gasteiger partial charge < -0.3 is 5.73 Å². The van der Waals surface area contributed by atoms with Gasteiger partial charge in [0.15, 0.2) is 0 Å². The van der Waals surface area contributed by atoms with Gasteiger partial charge in [-0.3, -0.25) is 0 Å². The molecule has 0 aliphatic heterocycles. The van der Waals surface area contributed by atoms with E-state index in [1.165, 1.54) is 16.3 Å². The van der Waals surface area contributed by atoms with Gasteiger partial charge in [-0.2, -0.15) is 5.10 Å². The van der Waals surface area contributed by atoms with Crippen molar-refractivity contribution in [1.29, 1.82) is 0 Å². The molecular weight excluding hydrogens is 349 g/mol. The predicted molar refractivity (Wildman–Crippen MR) is 87.1 cm³/mol. The van der Waals surface area contributed by atoms with Crippen molar-refractivity contribution in [3.63, 3.8) is 0 Å². The van der Waals surface area contributed by atoms with Crippen LogP contribution in [-0.2, 0) is 0 Å². The number of anilines is 1. The Morgan fingerprint density at radius 1 is 1.16 bits per heavy atom. The topological polar surface area (TPSA) is 43.8 Å². The van der Waals surface area contributed by atoms with E-state index >= 15 is 0 Å². The van der Waals surface area contributed by atoms with Gasteiger partial charge in [-0.15, -0.1) is 0 Å². The lowest BCUT2D eigenvalue weighted by atomic mass is 10.00. The van der Waals surface area contributed by atoms with Crippen molar-refractivity contribution in [2.24, 2.45) is 0 Å². The van der Waals surface area contributed by atoms with Crippen molar-refractivity contribution in [1.82, 2.24) is 9.78 Å². The Labute approximate surface area is 125 Å². The van der Waals surface area contributed by atoms with Gasteiger partial charge in [-0.1, -0.05) is 42.5 Å². The zero-order valence-electron chi connectivity index (χ0n) is 10.5. The van der Waals surface area contributed by atoms with Crippen LogP contribution in [0, 0.1) is 3.57 Å². The Morgan fingerprint density at radius 3 is 2.63 bits per heavy atom. The van der Waals surface area contributed by atoms with Crippen molar-refractivity contribution < 1.29 is 0 Å². The fraction of sp³-hybridized carbons (Fsp3) is 0.133. The van der Waals surface area contributed by atoms with Crippen LogP contribution in [0.25, 0.3) is 10.8 Å². The summed E-state index contributed by atoms with van der Waals surface area (Å²) in [6.45, 7) is 2.13. The molecule has 0 fully saturated rings. The van der Waals surface area contributed by atoms with E-state index in [0.29, 0.717) is 0 Å². The highest BCUT2D eigenvalue weighted by Gasteiger charge is 2.15. The first-order chi connectivity index (χ1) is 9.18. The summed E-state index contributed by atoms with van der Waals surface area (Å²) in [6, 6.07) is 14.9. The molecule has 0 amide bonds. The molecule has 0 aliphatic rings. The monoisotopic (exact) mass is 363 g/mol. The lowest BCUT2D eigenvalue weighted by Crippen LogP contribution is -2.12. The van der Waals surface area contributed by atoms with E-state index in [1.807, 2.05) is 4.68 Å². The van der Waals surface area contributed by atoms with Crippen molar-refractivity contribution in [3.8, 4) is 0 Å². The van der Waals surface area contributed by atoms with E-state index in [9.17, 15) is 0 Å². The van der Waals surface area contributed by atoms with Gasteiger partial charge in [0.25, 0.3) is 0 Å². The molecule has 0 radical (unpaired) electrons. The fourth-order valence-electron chi connectivity index (χ4n) is 2.41. The first kappa shape index (κ1) is 12.5. The highest BCUT2D eigenvalue weighted by atomic mass is 127. The van der Waals surface area contributed by atoms with Crippen LogP contribution >= 0.6 is 22.6 Å². The second kappa shape index (κ2) is 4.85. The fourth-order valence-corrected chi connectivity index (χ4v) is 2.78. The molecule has 4 heteroatoms. The third-order valence-electron chi connectivity index (χ3n) is 3.43. The van der Waals surface area contributed by atoms with E-state index in [2.05, 4.69) is 77.1 Å². The maximum absolute atomic E-state index is 6.08. The van der Waals surface area contributed by atoms with Crippen molar-refractivity contribution in [2.75, 3.05) is 5.73 Å². The first-order valence-corrected chi connectivity index (χ1v) is 7.22. The van der Waals surface area contributed by atoms with Crippen LogP contribution < -0.4 is 5.73 Å². The van der Waals surface area contributed by atoms with E-state index < -0.39 is 0 Å². The van der Waals surface area contributed by atoms with Crippen LogP contribution in [0.5, 0.6) is 0 Å². The Kier molecular flexibility index (Phi) is 3.18. The third kappa shape index (κ3) is 2.10. The number of aromatic nitrogens is 2. The second-order valence-electron chi connectivity index (χ2n) is 4.57. The number of nitrogen functional groups attached to an aromatic ring is 1. The quantitative estimate of drug-likeness (QED) is 0.704. The average Bonchev–Trinajstić information content (AvgIpc) is 2.78. The number of benzene rings is 2. The number of fused-ring (bicyclic) bond motifs is 1. The minimum Gasteiger partial charge on any atom is -0.383 e. The Hall–Kier alpha value is -1.56. The van der Waals surface area contributed by atoms with Crippen LogP contribution in [0.4, 0.5) is 5.82 Å². The highest BCUT2D eigenvalue weighted by molar-refractivity contribution is 14.1. The molecule has 2 N–H and O–H groups in total. The SMILES string of the molecule is CC(c1cccc2ccccc12)n1ncc(I)c1N. The van der Waals surface area contributed by atoms with Gasteiger partial charge in [0, 0.05) is 0 Å². The van der Waals surface area contributed by atoms with Crippen molar-refractivity contribution in [2.45, 2.75) is 13.0 Å². The van der Waals surface area contributed by atoms with E-state index in [-0.39, 0.29) is 6.04 Å². The summed E-state index contributed by atoms with van der Waals surface area (Å²) >= 11 is 2.21. The maximum atomic E-state index is 6.08. The molecule has 3 aromatic rings. The van der Waals surface area contributed by atoms with Gasteiger partial charge in [-0.05, 0) is 45.9 Å². The van der Waals surface area contributed by atoms with Crippen LogP contribution in [0.3, 0.4) is 0 Å². The summed E-state index contributed by atoms with van der Waals surface area (Å²) in [6.07, 6.45) is 1.80. The summed E-state index contributed by atoms with van der Waals surface area (Å²) < 4.78 is 2.87. The molecular formula is C15H14IN3. The van der Waals surface area contributed by atoms with Crippen LogP contribution in [0.15, 0.2) is 48.7 Å². The largest absolute Gasteiger partial charge is 0.383 e. The molecule has 0 spiro atoms. The molecule has 2 aromatic carbocycles. The standard InChI is InChI=1S/C15H14IN3/c1-10(19-15(17)14(16)9-18-19)12-8-4-6-11-5-2-3-7-13(11)12/h2-10H,17H2,1H3. The third-order valence-corrected chi connectivity index (χ3v) is 4.26. The zero-order valence-corrected chi connectivity index (χ0v) is 12.7. The molecule has 3 nitrogen and oxygen atoms in total. The van der Waals surface area contributed by atoms with Crippen LogP contribution in [0.2, 0.25) is 0 Å². The number of hydrogen-bond acceptors (Lipinski definition) is 2. The Balaban J connectivity index is 2.17. The van der Waals surface area contributed by atoms with E-state index in [0.717, 1.165) is 9.39 Å². The average molecular weight is 363 g/mol. The lowest BCUT2D eigenvalue weighted by molar-refractivity contribution is 0.576. The molecule has 96 valence electrons. The van der Waals surface area contributed by atoms with E-state index in [4.69, 9.17) is 5.73 Å². The predicted octanol–water partition coefficient (Wildman–Crippen LogP) is 3.83. The minimum atomic E-state index is 0.120. The number of hydrogen-bond donors (Lipinski definition) is 1. The van der Waals surface area contributed by atoms with Gasteiger partial charge >= 0.3 is 0 Å². The number of halogens is 1. The van der Waals surface area contributed by atoms with Crippen molar-refractivity contribution in [3.05, 3.63) is 57.8 Å². The molecule has 1 heterocycles. The Bertz CT molecular complexity index is 728. The number of nitrogens with zero attached hydrogens (tertiary/aromatic N) is 2. The first-order valence-electron chi connectivity index (χ1n) is 6.14. The number of nitrogens with two attached hydrogens (primary N) is 1. The van der Waals surface area contributed by atoms with Gasteiger partial charge in [0.05, 0.1) is 15.8 Å². The summed E-state index contributed by atoms with van der Waals surface area (Å²) in [5, 5.41) is 6.88. The molecule has 1 aromatic heterocycles. The zero-order chi connectivity index (χ0) is 13.4. The summed E-state index contributed by atoms with van der Waals surface area (Å²) in [4.78, 5) is 0. The molecule has 3 rings (SSSR count). The molecule has 0 aliphatic carbocycles.